The Morgan fingerprint density at radius 3 is 2.53 bits per heavy atom. The first-order valence-electron chi connectivity index (χ1n) is 12.2. The Bertz CT molecular complexity index is 832. The van der Waals surface area contributed by atoms with E-state index in [1.165, 1.54) is 5.56 Å². The van der Waals surface area contributed by atoms with Crippen molar-refractivity contribution in [1.29, 1.82) is 0 Å². The Morgan fingerprint density at radius 1 is 1.12 bits per heavy atom. The van der Waals surface area contributed by atoms with E-state index in [0.29, 0.717) is 44.9 Å². The van der Waals surface area contributed by atoms with Crippen molar-refractivity contribution in [1.82, 2.24) is 15.1 Å². The van der Waals surface area contributed by atoms with E-state index in [1.807, 2.05) is 11.0 Å². The van der Waals surface area contributed by atoms with E-state index in [2.05, 4.69) is 43.1 Å². The van der Waals surface area contributed by atoms with Crippen LogP contribution in [-0.2, 0) is 16.1 Å². The van der Waals surface area contributed by atoms with Crippen LogP contribution in [-0.4, -0.2) is 66.0 Å². The van der Waals surface area contributed by atoms with Gasteiger partial charge in [-0.15, -0.1) is 0 Å². The lowest BCUT2D eigenvalue weighted by atomic mass is 9.80. The summed E-state index contributed by atoms with van der Waals surface area (Å²) in [7, 11) is 0. The van der Waals surface area contributed by atoms with E-state index in [9.17, 15) is 9.59 Å². The summed E-state index contributed by atoms with van der Waals surface area (Å²) in [5.74, 6) is 2.11. The standard InChI is InChI=1S/C25H37N3O4/c1-4-5-10-28-23(29)20(15-18(2)3)26-24(30)25(28)8-11-27(12-9-25)17-19-6-7-21-22(16-19)32-14-13-31-21/h6-7,16,18,20H,4-5,8-15,17H2,1-3H3,(H,26,30)/t20-/m0/s1. The van der Waals surface area contributed by atoms with Crippen LogP contribution in [0.5, 0.6) is 11.5 Å². The molecular weight excluding hydrogens is 406 g/mol. The third kappa shape index (κ3) is 4.58. The number of carbonyl (C=O) groups is 2. The molecular formula is C25H37N3O4. The monoisotopic (exact) mass is 443 g/mol. The Kier molecular flexibility index (Phi) is 6.93. The summed E-state index contributed by atoms with van der Waals surface area (Å²) < 4.78 is 11.3. The molecule has 2 saturated heterocycles. The van der Waals surface area contributed by atoms with Crippen molar-refractivity contribution in [2.45, 2.75) is 71.0 Å². The number of nitrogens with zero attached hydrogens (tertiary/aromatic N) is 2. The van der Waals surface area contributed by atoms with Gasteiger partial charge in [0.1, 0.15) is 24.8 Å². The van der Waals surface area contributed by atoms with Gasteiger partial charge in [0.15, 0.2) is 11.5 Å². The number of likely N-dealkylation sites (tertiary alicyclic amines) is 1. The number of piperidine rings is 1. The minimum Gasteiger partial charge on any atom is -0.486 e. The van der Waals surface area contributed by atoms with Gasteiger partial charge >= 0.3 is 0 Å². The number of hydrogen-bond acceptors (Lipinski definition) is 5. The van der Waals surface area contributed by atoms with Crippen LogP contribution in [0.2, 0.25) is 0 Å². The molecule has 176 valence electrons. The second kappa shape index (κ2) is 9.69. The zero-order valence-electron chi connectivity index (χ0n) is 19.7. The number of benzene rings is 1. The van der Waals surface area contributed by atoms with Crippen LogP contribution in [0, 0.1) is 5.92 Å². The maximum absolute atomic E-state index is 13.4. The van der Waals surface area contributed by atoms with E-state index in [0.717, 1.165) is 44.0 Å². The minimum absolute atomic E-state index is 0.0397. The highest BCUT2D eigenvalue weighted by molar-refractivity contribution is 6.00. The number of amides is 2. The van der Waals surface area contributed by atoms with Gasteiger partial charge in [-0.25, -0.2) is 0 Å². The van der Waals surface area contributed by atoms with Crippen molar-refractivity contribution in [2.75, 3.05) is 32.8 Å². The largest absolute Gasteiger partial charge is 0.486 e. The lowest BCUT2D eigenvalue weighted by Crippen LogP contribution is -2.73. The third-order valence-corrected chi connectivity index (χ3v) is 6.95. The van der Waals surface area contributed by atoms with Crippen LogP contribution >= 0.6 is 0 Å². The molecule has 0 unspecified atom stereocenters. The molecule has 7 nitrogen and oxygen atoms in total. The fourth-order valence-corrected chi connectivity index (χ4v) is 5.17. The second-order valence-electron chi connectivity index (χ2n) is 9.78. The molecule has 0 bridgehead atoms. The summed E-state index contributed by atoms with van der Waals surface area (Å²) in [6, 6.07) is 5.73. The molecule has 2 amide bonds. The highest BCUT2D eigenvalue weighted by Crippen LogP contribution is 2.36. The fourth-order valence-electron chi connectivity index (χ4n) is 5.17. The lowest BCUT2D eigenvalue weighted by Gasteiger charge is -2.52. The first-order valence-corrected chi connectivity index (χ1v) is 12.2. The molecule has 0 saturated carbocycles. The third-order valence-electron chi connectivity index (χ3n) is 6.95. The van der Waals surface area contributed by atoms with Crippen molar-refractivity contribution in [2.24, 2.45) is 5.92 Å². The summed E-state index contributed by atoms with van der Waals surface area (Å²) in [6.07, 6.45) is 3.97. The normalized spacial score (nSPS) is 23.0. The van der Waals surface area contributed by atoms with Crippen LogP contribution in [0.3, 0.4) is 0 Å². The van der Waals surface area contributed by atoms with Gasteiger partial charge in [-0.2, -0.15) is 0 Å². The average molecular weight is 444 g/mol. The molecule has 0 aromatic heterocycles. The van der Waals surface area contributed by atoms with Crippen LogP contribution in [0.4, 0.5) is 0 Å². The number of hydrogen-bond donors (Lipinski definition) is 1. The summed E-state index contributed by atoms with van der Waals surface area (Å²) in [6.45, 7) is 10.5. The van der Waals surface area contributed by atoms with Crippen LogP contribution in [0.1, 0.15) is 58.4 Å². The maximum Gasteiger partial charge on any atom is 0.246 e. The zero-order chi connectivity index (χ0) is 22.7. The van der Waals surface area contributed by atoms with Gasteiger partial charge in [0.25, 0.3) is 0 Å². The fraction of sp³-hybridized carbons (Fsp3) is 0.680. The van der Waals surface area contributed by atoms with Gasteiger partial charge in [-0.05, 0) is 49.3 Å². The van der Waals surface area contributed by atoms with Gasteiger partial charge < -0.3 is 19.7 Å². The Balaban J connectivity index is 1.44. The maximum atomic E-state index is 13.4. The highest BCUT2D eigenvalue weighted by atomic mass is 16.6. The van der Waals surface area contributed by atoms with Crippen LogP contribution in [0.25, 0.3) is 0 Å². The number of ether oxygens (including phenoxy) is 2. The van der Waals surface area contributed by atoms with Crippen molar-refractivity contribution in [3.05, 3.63) is 23.8 Å². The summed E-state index contributed by atoms with van der Waals surface area (Å²) in [5, 5.41) is 3.08. The van der Waals surface area contributed by atoms with E-state index < -0.39 is 5.54 Å². The van der Waals surface area contributed by atoms with Gasteiger partial charge in [0.2, 0.25) is 11.8 Å². The second-order valence-corrected chi connectivity index (χ2v) is 9.78. The predicted molar refractivity (Wildman–Crippen MR) is 123 cm³/mol. The molecule has 2 fully saturated rings. The molecule has 0 radical (unpaired) electrons. The smallest absolute Gasteiger partial charge is 0.246 e. The molecule has 32 heavy (non-hydrogen) atoms. The lowest BCUT2D eigenvalue weighted by molar-refractivity contribution is -0.161. The number of nitrogens with one attached hydrogen (secondary N) is 1. The zero-order valence-corrected chi connectivity index (χ0v) is 19.7. The quantitative estimate of drug-likeness (QED) is 0.702. The molecule has 1 aromatic rings. The van der Waals surface area contributed by atoms with Crippen LogP contribution < -0.4 is 14.8 Å². The van der Waals surface area contributed by atoms with Crippen molar-refractivity contribution in [3.8, 4) is 11.5 Å². The number of unbranched alkanes of at least 4 members (excludes halogenated alkanes) is 1. The van der Waals surface area contributed by atoms with Gasteiger partial charge in [0.05, 0.1) is 0 Å². The van der Waals surface area contributed by atoms with Crippen LogP contribution in [0.15, 0.2) is 18.2 Å². The SMILES string of the molecule is CCCCN1C(=O)[C@H](CC(C)C)NC(=O)C12CCN(Cc1ccc3c(c1)OCCO3)CC2. The number of piperazine rings is 1. The molecule has 3 aliphatic rings. The first kappa shape index (κ1) is 22.9. The van der Waals surface area contributed by atoms with Gasteiger partial charge in [-0.3, -0.25) is 14.5 Å². The van der Waals surface area contributed by atoms with E-state index in [4.69, 9.17) is 9.47 Å². The van der Waals surface area contributed by atoms with Crippen molar-refractivity contribution < 1.29 is 19.1 Å². The number of fused-ring (bicyclic) bond motifs is 1. The molecule has 0 aliphatic carbocycles. The van der Waals surface area contributed by atoms with Crippen molar-refractivity contribution >= 4 is 11.8 Å². The molecule has 1 N–H and O–H groups in total. The molecule has 1 spiro atoms. The van der Waals surface area contributed by atoms with E-state index in [-0.39, 0.29) is 17.9 Å². The summed E-state index contributed by atoms with van der Waals surface area (Å²) in [4.78, 5) is 31.0. The molecule has 7 heteroatoms. The van der Waals surface area contributed by atoms with Gasteiger partial charge in [0, 0.05) is 26.2 Å². The Labute approximate surface area is 191 Å². The van der Waals surface area contributed by atoms with E-state index >= 15 is 0 Å². The summed E-state index contributed by atoms with van der Waals surface area (Å²) >= 11 is 0. The number of rotatable bonds is 7. The Hall–Kier alpha value is -2.28. The average Bonchev–Trinajstić information content (AvgIpc) is 2.78. The number of carbonyl (C=O) groups excluding carboxylic acids is 2. The van der Waals surface area contributed by atoms with Crippen molar-refractivity contribution in [3.63, 3.8) is 0 Å². The van der Waals surface area contributed by atoms with Gasteiger partial charge in [-0.1, -0.05) is 33.3 Å². The molecule has 4 rings (SSSR count). The Morgan fingerprint density at radius 2 is 1.84 bits per heavy atom. The molecule has 3 heterocycles. The van der Waals surface area contributed by atoms with E-state index in [1.54, 1.807) is 0 Å². The molecule has 1 atom stereocenters. The molecule has 1 aromatic carbocycles. The topological polar surface area (TPSA) is 71.1 Å². The predicted octanol–water partition coefficient (Wildman–Crippen LogP) is 2.97. The summed E-state index contributed by atoms with van der Waals surface area (Å²) in [5.41, 5.74) is 0.470. The highest BCUT2D eigenvalue weighted by Gasteiger charge is 2.53. The molecule has 3 aliphatic heterocycles. The first-order chi connectivity index (χ1) is 15.4. The minimum atomic E-state index is -0.705.